The van der Waals surface area contributed by atoms with Gasteiger partial charge in [-0.05, 0) is 37.0 Å². The van der Waals surface area contributed by atoms with Gasteiger partial charge in [0, 0.05) is 38.4 Å². The van der Waals surface area contributed by atoms with E-state index in [4.69, 9.17) is 4.74 Å². The molecule has 0 radical (unpaired) electrons. The lowest BCUT2D eigenvalue weighted by Gasteiger charge is -2.27. The summed E-state index contributed by atoms with van der Waals surface area (Å²) in [7, 11) is -1.28. The summed E-state index contributed by atoms with van der Waals surface area (Å²) in [4.78, 5) is 15.0. The molecule has 0 aromatic heterocycles. The van der Waals surface area contributed by atoms with E-state index in [0.717, 1.165) is 45.3 Å². The maximum atomic E-state index is 12.7. The zero-order chi connectivity index (χ0) is 18.5. The summed E-state index contributed by atoms with van der Waals surface area (Å²) in [5.41, 5.74) is -0.405. The first kappa shape index (κ1) is 19.1. The summed E-state index contributed by atoms with van der Waals surface area (Å²) < 4.78 is 28.9. The second kappa shape index (κ2) is 6.50. The molecule has 0 aromatic carbocycles. The molecule has 3 rings (SSSR count). The quantitative estimate of drug-likeness (QED) is 0.690. The molecule has 1 amide bonds. The number of nitrogens with zero attached hydrogens (tertiary/aromatic N) is 1. The van der Waals surface area contributed by atoms with E-state index in [1.807, 2.05) is 13.8 Å². The monoisotopic (exact) mass is 372 g/mol. The maximum Gasteiger partial charge on any atom is 0.226 e. The van der Waals surface area contributed by atoms with Gasteiger partial charge in [-0.1, -0.05) is 13.8 Å². The lowest BCUT2D eigenvalue weighted by molar-refractivity contribution is -0.131. The number of nitrogens with one attached hydrogen (secondary N) is 1. The number of ether oxygens (including phenoxy) is 1. The van der Waals surface area contributed by atoms with Crippen LogP contribution in [0.2, 0.25) is 0 Å². The Balaban J connectivity index is 1.58. The van der Waals surface area contributed by atoms with Gasteiger partial charge in [0.05, 0.1) is 17.9 Å². The number of methoxy groups -OCH3 is 1. The summed E-state index contributed by atoms with van der Waals surface area (Å²) in [5.74, 6) is 0.872. The molecule has 2 atom stereocenters. The molecule has 1 heterocycles. The second-order valence-corrected chi connectivity index (χ2v) is 11.3. The third-order valence-electron chi connectivity index (χ3n) is 6.23. The zero-order valence-electron chi connectivity index (χ0n) is 15.9. The summed E-state index contributed by atoms with van der Waals surface area (Å²) in [6.07, 6.45) is 5.50. The van der Waals surface area contributed by atoms with Crippen molar-refractivity contribution in [3.8, 4) is 0 Å². The predicted molar refractivity (Wildman–Crippen MR) is 97.1 cm³/mol. The number of sulfone groups is 1. The van der Waals surface area contributed by atoms with E-state index in [2.05, 4.69) is 10.2 Å². The van der Waals surface area contributed by atoms with Crippen LogP contribution in [0.1, 0.15) is 39.5 Å². The average molecular weight is 373 g/mol. The van der Waals surface area contributed by atoms with Crippen molar-refractivity contribution in [2.24, 2.45) is 16.7 Å². The van der Waals surface area contributed by atoms with Crippen LogP contribution in [0, 0.1) is 16.7 Å². The SMILES string of the molecule is CO[C@@H]1CN(CC2(CS(C)(=O)=O)CC2)C[C@H]1NC(=O)C(C)(C)C1CC1. The van der Waals surface area contributed by atoms with Crippen molar-refractivity contribution in [2.75, 3.05) is 38.8 Å². The molecule has 0 bridgehead atoms. The van der Waals surface area contributed by atoms with Gasteiger partial charge in [0.25, 0.3) is 0 Å². The molecule has 1 N–H and O–H groups in total. The van der Waals surface area contributed by atoms with Crippen molar-refractivity contribution in [2.45, 2.75) is 51.7 Å². The minimum atomic E-state index is -2.96. The van der Waals surface area contributed by atoms with Crippen molar-refractivity contribution >= 4 is 15.7 Å². The first-order valence-electron chi connectivity index (χ1n) is 9.28. The smallest absolute Gasteiger partial charge is 0.226 e. The van der Waals surface area contributed by atoms with Crippen LogP contribution in [0.15, 0.2) is 0 Å². The number of amides is 1. The van der Waals surface area contributed by atoms with Gasteiger partial charge in [-0.15, -0.1) is 0 Å². The van der Waals surface area contributed by atoms with Crippen LogP contribution in [-0.2, 0) is 19.4 Å². The highest BCUT2D eigenvalue weighted by molar-refractivity contribution is 7.90. The Labute approximate surface area is 151 Å². The first-order valence-corrected chi connectivity index (χ1v) is 11.3. The number of carbonyl (C=O) groups is 1. The van der Waals surface area contributed by atoms with E-state index < -0.39 is 9.84 Å². The van der Waals surface area contributed by atoms with Crippen molar-refractivity contribution < 1.29 is 17.9 Å². The highest BCUT2D eigenvalue weighted by Gasteiger charge is 2.49. The van der Waals surface area contributed by atoms with Crippen LogP contribution < -0.4 is 5.32 Å². The number of likely N-dealkylation sites (tertiary alicyclic amines) is 1. The van der Waals surface area contributed by atoms with E-state index in [1.165, 1.54) is 6.26 Å². The van der Waals surface area contributed by atoms with Gasteiger partial charge in [-0.2, -0.15) is 0 Å². The van der Waals surface area contributed by atoms with Crippen molar-refractivity contribution in [1.29, 1.82) is 0 Å². The minimum absolute atomic E-state index is 0.0236. The van der Waals surface area contributed by atoms with Gasteiger partial charge in [0.1, 0.15) is 9.84 Å². The topological polar surface area (TPSA) is 75.7 Å². The van der Waals surface area contributed by atoms with Crippen molar-refractivity contribution in [3.05, 3.63) is 0 Å². The second-order valence-electron chi connectivity index (χ2n) is 9.11. The molecule has 0 spiro atoms. The first-order chi connectivity index (χ1) is 11.5. The molecule has 7 heteroatoms. The fraction of sp³-hybridized carbons (Fsp3) is 0.944. The molecule has 3 fully saturated rings. The maximum absolute atomic E-state index is 12.7. The molecule has 6 nitrogen and oxygen atoms in total. The Bertz CT molecular complexity index is 623. The Hall–Kier alpha value is -0.660. The average Bonchev–Trinajstić information content (AvgIpc) is 3.38. The van der Waals surface area contributed by atoms with Crippen molar-refractivity contribution in [3.63, 3.8) is 0 Å². The van der Waals surface area contributed by atoms with Crippen LogP contribution >= 0.6 is 0 Å². The van der Waals surface area contributed by atoms with Crippen molar-refractivity contribution in [1.82, 2.24) is 10.2 Å². The van der Waals surface area contributed by atoms with E-state index in [9.17, 15) is 13.2 Å². The number of carbonyl (C=O) groups excluding carboxylic acids is 1. The molecule has 1 saturated heterocycles. The lowest BCUT2D eigenvalue weighted by Crippen LogP contribution is -2.49. The van der Waals surface area contributed by atoms with Crippen LogP contribution in [-0.4, -0.2) is 70.1 Å². The zero-order valence-corrected chi connectivity index (χ0v) is 16.7. The fourth-order valence-corrected chi connectivity index (χ4v) is 5.75. The highest BCUT2D eigenvalue weighted by Crippen LogP contribution is 2.48. The van der Waals surface area contributed by atoms with Gasteiger partial charge in [-0.3, -0.25) is 9.69 Å². The molecular weight excluding hydrogens is 340 g/mol. The van der Waals surface area contributed by atoms with E-state index in [0.29, 0.717) is 5.92 Å². The Morgan fingerprint density at radius 3 is 2.40 bits per heavy atom. The minimum Gasteiger partial charge on any atom is -0.378 e. The normalized spacial score (nSPS) is 29.6. The molecule has 25 heavy (non-hydrogen) atoms. The van der Waals surface area contributed by atoms with E-state index >= 15 is 0 Å². The van der Waals surface area contributed by atoms with E-state index in [1.54, 1.807) is 7.11 Å². The summed E-state index contributed by atoms with van der Waals surface area (Å²) >= 11 is 0. The van der Waals surface area contributed by atoms with Crippen LogP contribution in [0.4, 0.5) is 0 Å². The molecule has 2 aliphatic carbocycles. The van der Waals surface area contributed by atoms with Gasteiger partial charge < -0.3 is 10.1 Å². The van der Waals surface area contributed by atoms with Gasteiger partial charge in [0.15, 0.2) is 0 Å². The lowest BCUT2D eigenvalue weighted by atomic mass is 9.86. The number of hydrogen-bond donors (Lipinski definition) is 1. The summed E-state index contributed by atoms with van der Waals surface area (Å²) in [6, 6.07) is -0.0236. The van der Waals surface area contributed by atoms with Crippen LogP contribution in [0.3, 0.4) is 0 Å². The molecular formula is C18H32N2O4S. The standard InChI is InChI=1S/C18H32N2O4S/c1-17(2,13-5-6-13)16(21)19-14-9-20(10-15(14)24-3)11-18(7-8-18)12-25(4,22)23/h13-15H,5-12H2,1-4H3,(H,19,21)/t14-,15-/m1/s1. The fourth-order valence-electron chi connectivity index (χ4n) is 4.26. The predicted octanol–water partition coefficient (Wildman–Crippen LogP) is 1.06. The Kier molecular flexibility index (Phi) is 4.97. The largest absolute Gasteiger partial charge is 0.378 e. The molecule has 1 aliphatic heterocycles. The highest BCUT2D eigenvalue weighted by atomic mass is 32.2. The number of hydrogen-bond acceptors (Lipinski definition) is 5. The Morgan fingerprint density at radius 2 is 1.92 bits per heavy atom. The summed E-state index contributed by atoms with van der Waals surface area (Å²) in [6.45, 7) is 6.31. The molecule has 2 saturated carbocycles. The van der Waals surface area contributed by atoms with E-state index in [-0.39, 0.29) is 34.6 Å². The summed E-state index contributed by atoms with van der Waals surface area (Å²) in [5, 5.41) is 3.20. The third kappa shape index (κ3) is 4.55. The molecule has 0 unspecified atom stereocenters. The number of rotatable bonds is 8. The van der Waals surface area contributed by atoms with Gasteiger partial charge in [-0.25, -0.2) is 8.42 Å². The van der Waals surface area contributed by atoms with Crippen LogP contribution in [0.25, 0.3) is 0 Å². The third-order valence-corrected chi connectivity index (χ3v) is 7.37. The Morgan fingerprint density at radius 1 is 1.28 bits per heavy atom. The molecule has 144 valence electrons. The molecule has 3 aliphatic rings. The van der Waals surface area contributed by atoms with Crippen LogP contribution in [0.5, 0.6) is 0 Å². The molecule has 0 aromatic rings. The van der Waals surface area contributed by atoms with Gasteiger partial charge >= 0.3 is 0 Å². The van der Waals surface area contributed by atoms with Gasteiger partial charge in [0.2, 0.25) is 5.91 Å².